The van der Waals surface area contributed by atoms with Crippen LogP contribution < -0.4 is 10.1 Å². The van der Waals surface area contributed by atoms with Crippen molar-refractivity contribution in [1.82, 2.24) is 5.32 Å². The summed E-state index contributed by atoms with van der Waals surface area (Å²) in [5.74, 6) is 0.910. The summed E-state index contributed by atoms with van der Waals surface area (Å²) in [6, 6.07) is 5.99. The van der Waals surface area contributed by atoms with Crippen molar-refractivity contribution in [1.29, 1.82) is 0 Å². The second-order valence-electron chi connectivity index (χ2n) is 4.08. The summed E-state index contributed by atoms with van der Waals surface area (Å²) < 4.78 is 6.71. The van der Waals surface area contributed by atoms with Gasteiger partial charge in [-0.1, -0.05) is 22.9 Å². The Morgan fingerprint density at radius 3 is 2.88 bits per heavy atom. The minimum atomic E-state index is -0.331. The summed E-state index contributed by atoms with van der Waals surface area (Å²) in [6.07, 6.45) is 0.665. The fourth-order valence-electron chi connectivity index (χ4n) is 1.45. The maximum atomic E-state index is 9.19. The molecule has 2 N–H and O–H groups in total. The number of aliphatic hydroxyl groups excluding tert-OH is 1. The molecule has 1 unspecified atom stereocenters. The first kappa shape index (κ1) is 14.5. The van der Waals surface area contributed by atoms with Gasteiger partial charge in [0.15, 0.2) is 0 Å². The van der Waals surface area contributed by atoms with Crippen molar-refractivity contribution in [2.45, 2.75) is 32.9 Å². The Kier molecular flexibility index (Phi) is 6.55. The molecule has 0 fully saturated rings. The van der Waals surface area contributed by atoms with E-state index >= 15 is 0 Å². The first-order valence-electron chi connectivity index (χ1n) is 5.93. The van der Waals surface area contributed by atoms with E-state index in [2.05, 4.69) is 28.2 Å². The standard InChI is InChI=1S/C13H20BrNO2/c1-3-6-17-13-5-4-12(14)7-11(13)9-15-8-10(2)16/h4-5,7,10,15-16H,3,6,8-9H2,1-2H3. The van der Waals surface area contributed by atoms with Gasteiger partial charge in [0.25, 0.3) is 0 Å². The normalized spacial score (nSPS) is 12.5. The lowest BCUT2D eigenvalue weighted by Gasteiger charge is -2.13. The highest BCUT2D eigenvalue weighted by Gasteiger charge is 2.05. The third-order valence-corrected chi connectivity index (χ3v) is 2.73. The van der Waals surface area contributed by atoms with Gasteiger partial charge in [-0.05, 0) is 31.5 Å². The van der Waals surface area contributed by atoms with Gasteiger partial charge >= 0.3 is 0 Å². The van der Waals surface area contributed by atoms with Crippen LogP contribution in [0.25, 0.3) is 0 Å². The fourth-order valence-corrected chi connectivity index (χ4v) is 1.86. The summed E-state index contributed by atoms with van der Waals surface area (Å²) in [5.41, 5.74) is 1.11. The first-order chi connectivity index (χ1) is 8.13. The molecule has 1 aromatic carbocycles. The second kappa shape index (κ2) is 7.69. The zero-order valence-corrected chi connectivity index (χ0v) is 12.0. The molecule has 1 aromatic rings. The molecular weight excluding hydrogens is 282 g/mol. The van der Waals surface area contributed by atoms with Crippen molar-refractivity contribution in [2.75, 3.05) is 13.2 Å². The number of nitrogens with one attached hydrogen (secondary N) is 1. The molecule has 0 aliphatic rings. The van der Waals surface area contributed by atoms with Crippen LogP contribution in [0.15, 0.2) is 22.7 Å². The van der Waals surface area contributed by atoms with Crippen molar-refractivity contribution in [2.24, 2.45) is 0 Å². The molecule has 0 aliphatic carbocycles. The molecule has 1 rings (SSSR count). The van der Waals surface area contributed by atoms with Gasteiger partial charge in [0, 0.05) is 23.1 Å². The van der Waals surface area contributed by atoms with Crippen LogP contribution in [0, 0.1) is 0 Å². The summed E-state index contributed by atoms with van der Waals surface area (Å²) in [4.78, 5) is 0. The molecular formula is C13H20BrNO2. The lowest BCUT2D eigenvalue weighted by molar-refractivity contribution is 0.190. The Balaban J connectivity index is 2.62. The van der Waals surface area contributed by atoms with Crippen molar-refractivity contribution < 1.29 is 9.84 Å². The highest BCUT2D eigenvalue weighted by atomic mass is 79.9. The minimum Gasteiger partial charge on any atom is -0.493 e. The molecule has 96 valence electrons. The lowest BCUT2D eigenvalue weighted by atomic mass is 10.2. The van der Waals surface area contributed by atoms with Gasteiger partial charge in [-0.3, -0.25) is 0 Å². The van der Waals surface area contributed by atoms with Crippen molar-refractivity contribution in [3.8, 4) is 5.75 Å². The Morgan fingerprint density at radius 2 is 2.24 bits per heavy atom. The van der Waals surface area contributed by atoms with Crippen molar-refractivity contribution in [3.05, 3.63) is 28.2 Å². The molecule has 0 saturated carbocycles. The van der Waals surface area contributed by atoms with Gasteiger partial charge in [0.1, 0.15) is 5.75 Å². The number of rotatable bonds is 7. The zero-order valence-electron chi connectivity index (χ0n) is 10.4. The summed E-state index contributed by atoms with van der Waals surface area (Å²) in [5, 5.41) is 12.4. The van der Waals surface area contributed by atoms with Crippen LogP contribution >= 0.6 is 15.9 Å². The van der Waals surface area contributed by atoms with Crippen LogP contribution in [-0.4, -0.2) is 24.4 Å². The summed E-state index contributed by atoms with van der Waals surface area (Å²) in [7, 11) is 0. The second-order valence-corrected chi connectivity index (χ2v) is 5.00. The molecule has 0 heterocycles. The predicted octanol–water partition coefficient (Wildman–Crippen LogP) is 2.71. The topological polar surface area (TPSA) is 41.5 Å². The number of halogens is 1. The highest BCUT2D eigenvalue weighted by molar-refractivity contribution is 9.10. The largest absolute Gasteiger partial charge is 0.493 e. The van der Waals surface area contributed by atoms with Gasteiger partial charge in [0.05, 0.1) is 12.7 Å². The van der Waals surface area contributed by atoms with Gasteiger partial charge < -0.3 is 15.2 Å². The molecule has 0 aliphatic heterocycles. The number of aliphatic hydroxyl groups is 1. The van der Waals surface area contributed by atoms with E-state index in [1.807, 2.05) is 18.2 Å². The molecule has 0 amide bonds. The predicted molar refractivity (Wildman–Crippen MR) is 73.3 cm³/mol. The minimum absolute atomic E-state index is 0.331. The van der Waals surface area contributed by atoms with Gasteiger partial charge in [-0.15, -0.1) is 0 Å². The van der Waals surface area contributed by atoms with E-state index in [1.54, 1.807) is 6.92 Å². The van der Waals surface area contributed by atoms with E-state index in [9.17, 15) is 5.11 Å². The quantitative estimate of drug-likeness (QED) is 0.814. The van der Waals surface area contributed by atoms with E-state index in [-0.39, 0.29) is 6.10 Å². The van der Waals surface area contributed by atoms with E-state index < -0.39 is 0 Å². The molecule has 1 atom stereocenters. The average Bonchev–Trinajstić information content (AvgIpc) is 2.27. The zero-order chi connectivity index (χ0) is 12.7. The maximum absolute atomic E-state index is 9.19. The van der Waals surface area contributed by atoms with E-state index in [4.69, 9.17) is 4.74 Å². The lowest BCUT2D eigenvalue weighted by Crippen LogP contribution is -2.24. The Hall–Kier alpha value is -0.580. The van der Waals surface area contributed by atoms with Gasteiger partial charge in [-0.2, -0.15) is 0 Å². The Bertz CT molecular complexity index is 342. The van der Waals surface area contributed by atoms with Gasteiger partial charge in [-0.25, -0.2) is 0 Å². The van der Waals surface area contributed by atoms with Crippen LogP contribution in [0.1, 0.15) is 25.8 Å². The van der Waals surface area contributed by atoms with E-state index in [0.29, 0.717) is 13.1 Å². The van der Waals surface area contributed by atoms with Crippen LogP contribution in [0.4, 0.5) is 0 Å². The van der Waals surface area contributed by atoms with Crippen LogP contribution in [0.3, 0.4) is 0 Å². The van der Waals surface area contributed by atoms with Crippen molar-refractivity contribution >= 4 is 15.9 Å². The summed E-state index contributed by atoms with van der Waals surface area (Å²) in [6.45, 7) is 5.86. The van der Waals surface area contributed by atoms with Crippen LogP contribution in [-0.2, 0) is 6.54 Å². The smallest absolute Gasteiger partial charge is 0.123 e. The van der Waals surface area contributed by atoms with Crippen molar-refractivity contribution in [3.63, 3.8) is 0 Å². The fraction of sp³-hybridized carbons (Fsp3) is 0.538. The third kappa shape index (κ3) is 5.52. The van der Waals surface area contributed by atoms with Crippen LogP contribution in [0.5, 0.6) is 5.75 Å². The molecule has 0 radical (unpaired) electrons. The first-order valence-corrected chi connectivity index (χ1v) is 6.72. The molecule has 17 heavy (non-hydrogen) atoms. The molecule has 0 saturated heterocycles. The number of benzene rings is 1. The SMILES string of the molecule is CCCOc1ccc(Br)cc1CNCC(C)O. The highest BCUT2D eigenvalue weighted by Crippen LogP contribution is 2.23. The number of hydrogen-bond acceptors (Lipinski definition) is 3. The molecule has 0 aromatic heterocycles. The number of ether oxygens (including phenoxy) is 1. The molecule has 3 nitrogen and oxygen atoms in total. The van der Waals surface area contributed by atoms with E-state index in [0.717, 1.165) is 28.8 Å². The Morgan fingerprint density at radius 1 is 1.47 bits per heavy atom. The summed E-state index contributed by atoms with van der Waals surface area (Å²) >= 11 is 3.45. The van der Waals surface area contributed by atoms with Crippen LogP contribution in [0.2, 0.25) is 0 Å². The van der Waals surface area contributed by atoms with Gasteiger partial charge in [0.2, 0.25) is 0 Å². The monoisotopic (exact) mass is 301 g/mol. The number of hydrogen-bond donors (Lipinski definition) is 2. The van der Waals surface area contributed by atoms with E-state index in [1.165, 1.54) is 0 Å². The third-order valence-electron chi connectivity index (χ3n) is 2.24. The Labute approximate surface area is 111 Å². The average molecular weight is 302 g/mol. The molecule has 4 heteroatoms. The maximum Gasteiger partial charge on any atom is 0.123 e. The molecule has 0 bridgehead atoms. The molecule has 0 spiro atoms.